The van der Waals surface area contributed by atoms with Crippen molar-refractivity contribution >= 4 is 50.2 Å². The van der Waals surface area contributed by atoms with Crippen LogP contribution < -0.4 is 9.47 Å². The van der Waals surface area contributed by atoms with Crippen molar-refractivity contribution < 1.29 is 45.8 Å². The summed E-state index contributed by atoms with van der Waals surface area (Å²) in [4.78, 5) is 44.6. The average molecular weight is 613 g/mol. The van der Waals surface area contributed by atoms with Crippen LogP contribution in [0.4, 0.5) is 10.5 Å². The normalized spacial score (nSPS) is 17.7. The number of ether oxygens (including phenoxy) is 3. The number of benzene rings is 2. The highest BCUT2D eigenvalue weighted by Crippen LogP contribution is 2.49. The molecule has 13 heteroatoms. The average Bonchev–Trinajstić information content (AvgIpc) is 3.16. The van der Waals surface area contributed by atoms with E-state index in [1.54, 1.807) is 63.3 Å². The first-order chi connectivity index (χ1) is 20.2. The van der Waals surface area contributed by atoms with Crippen molar-refractivity contribution in [1.82, 2.24) is 9.80 Å². The quantitative estimate of drug-likeness (QED) is 0.189. The topological polar surface area (TPSA) is 132 Å². The maximum Gasteiger partial charge on any atom is 0.603 e. The maximum atomic E-state index is 13.9. The van der Waals surface area contributed by atoms with E-state index in [-0.39, 0.29) is 42.3 Å². The number of amides is 3. The molecule has 0 saturated carbocycles. The molecule has 43 heavy (non-hydrogen) atoms. The molecule has 2 aromatic rings. The molecule has 5 rings (SSSR count). The molecule has 0 saturated heterocycles. The van der Waals surface area contributed by atoms with E-state index in [0.717, 1.165) is 6.26 Å². The van der Waals surface area contributed by atoms with Crippen molar-refractivity contribution in [2.24, 2.45) is 0 Å². The summed E-state index contributed by atoms with van der Waals surface area (Å²) in [6.45, 7) is 5.56. The summed E-state index contributed by atoms with van der Waals surface area (Å²) < 4.78 is 46.7. The molecule has 2 heterocycles. The van der Waals surface area contributed by atoms with Gasteiger partial charge in [0.1, 0.15) is 30.1 Å². The Kier molecular flexibility index (Phi) is 7.92. The standard InChI is InChI=1S/C30H34N3O9S/c1-30(2,3)42-29(36)33-21-9-7-8-10-22(21)41-26-24-23(27(34)32(28(24)35)14-13-31(4)5)20-17-18(11-12-19(20)25(26)33)39-15-16-40-43(6,37)38/h7-12,17,22H,13-16H2,1-6H3/q+1. The SMILES string of the molecule is CN(C)CCN1C(=O)c2c3c(c4ccc(OCCOS(C)(=O)=O)cc4c2C1=O)[N+](C(=O)OC(C)(C)C)=C1C=CC=CC1O3. The monoisotopic (exact) mass is 612 g/mol. The second kappa shape index (κ2) is 11.2. The predicted molar refractivity (Wildman–Crippen MR) is 158 cm³/mol. The number of carbonyl (C=O) groups is 3. The minimum absolute atomic E-state index is 0.0550. The third-order valence-electron chi connectivity index (χ3n) is 6.80. The van der Waals surface area contributed by atoms with Crippen LogP contribution in [0, 0.1) is 0 Å². The molecule has 0 bridgehead atoms. The largest absolute Gasteiger partial charge is 0.603 e. The van der Waals surface area contributed by atoms with Crippen molar-refractivity contribution in [2.45, 2.75) is 32.5 Å². The number of fused-ring (bicyclic) bond motifs is 7. The number of likely N-dealkylation sites (N-methyl/N-ethyl adjacent to an activating group) is 1. The van der Waals surface area contributed by atoms with E-state index in [1.165, 1.54) is 9.48 Å². The summed E-state index contributed by atoms with van der Waals surface area (Å²) in [6, 6.07) is 4.89. The summed E-state index contributed by atoms with van der Waals surface area (Å²) in [7, 11) is 0.0368. The van der Waals surface area contributed by atoms with Crippen LogP contribution in [0.2, 0.25) is 0 Å². The fraction of sp³-hybridized carbons (Fsp3) is 0.400. The van der Waals surface area contributed by atoms with Gasteiger partial charge < -0.3 is 19.1 Å². The zero-order valence-corrected chi connectivity index (χ0v) is 25.7. The predicted octanol–water partition coefficient (Wildman–Crippen LogP) is 3.26. The van der Waals surface area contributed by atoms with E-state index in [1.807, 2.05) is 19.0 Å². The molecule has 2 aromatic carbocycles. The third-order valence-corrected chi connectivity index (χ3v) is 7.40. The Morgan fingerprint density at radius 2 is 1.79 bits per heavy atom. The second-order valence-electron chi connectivity index (χ2n) is 11.6. The molecule has 3 aliphatic rings. The molecule has 1 atom stereocenters. The third kappa shape index (κ3) is 6.05. The van der Waals surface area contributed by atoms with Gasteiger partial charge in [-0.1, -0.05) is 16.7 Å². The molecule has 2 aliphatic heterocycles. The lowest BCUT2D eigenvalue weighted by Gasteiger charge is -2.26. The van der Waals surface area contributed by atoms with Crippen LogP contribution in [0.15, 0.2) is 42.5 Å². The lowest BCUT2D eigenvalue weighted by Crippen LogP contribution is -2.41. The van der Waals surface area contributed by atoms with Crippen LogP contribution >= 0.6 is 0 Å². The van der Waals surface area contributed by atoms with Crippen molar-refractivity contribution in [3.05, 3.63) is 53.6 Å². The first-order valence-electron chi connectivity index (χ1n) is 13.7. The Bertz CT molecular complexity index is 1730. The highest BCUT2D eigenvalue weighted by Gasteiger charge is 2.49. The molecule has 0 fully saturated rings. The minimum Gasteiger partial charge on any atom is -0.491 e. The van der Waals surface area contributed by atoms with Crippen molar-refractivity contribution in [3.8, 4) is 11.5 Å². The van der Waals surface area contributed by atoms with Gasteiger partial charge >= 0.3 is 6.09 Å². The summed E-state index contributed by atoms with van der Waals surface area (Å²) >= 11 is 0. The molecule has 3 amide bonds. The summed E-state index contributed by atoms with van der Waals surface area (Å²) in [5.41, 5.74) is 0.135. The van der Waals surface area contributed by atoms with Crippen LogP contribution in [0.25, 0.3) is 10.8 Å². The van der Waals surface area contributed by atoms with Crippen LogP contribution in [-0.4, -0.2) is 105 Å². The molecule has 0 N–H and O–H groups in total. The second-order valence-corrected chi connectivity index (χ2v) is 13.2. The zero-order chi connectivity index (χ0) is 31.3. The van der Waals surface area contributed by atoms with Crippen molar-refractivity contribution in [1.29, 1.82) is 0 Å². The maximum absolute atomic E-state index is 13.9. The molecule has 12 nitrogen and oxygen atoms in total. The Hall–Kier alpha value is -4.07. The highest BCUT2D eigenvalue weighted by atomic mass is 32.2. The van der Waals surface area contributed by atoms with Crippen LogP contribution in [0.1, 0.15) is 41.5 Å². The first kappa shape index (κ1) is 30.4. The molecule has 1 aliphatic carbocycles. The van der Waals surface area contributed by atoms with Gasteiger partial charge in [-0.25, -0.2) is 0 Å². The molecular weight excluding hydrogens is 578 g/mol. The van der Waals surface area contributed by atoms with Crippen LogP contribution in [0.5, 0.6) is 11.5 Å². The van der Waals surface area contributed by atoms with Gasteiger partial charge in [0, 0.05) is 24.6 Å². The van der Waals surface area contributed by atoms with Gasteiger partial charge in [0.15, 0.2) is 0 Å². The molecule has 0 radical (unpaired) electrons. The highest BCUT2D eigenvalue weighted by molar-refractivity contribution is 7.85. The fourth-order valence-corrected chi connectivity index (χ4v) is 5.43. The van der Waals surface area contributed by atoms with E-state index < -0.39 is 39.7 Å². The number of carbonyl (C=O) groups excluding carboxylic acids is 3. The Morgan fingerprint density at radius 3 is 2.47 bits per heavy atom. The number of hydrogen-bond donors (Lipinski definition) is 0. The van der Waals surface area contributed by atoms with Crippen LogP contribution in [0.3, 0.4) is 0 Å². The smallest absolute Gasteiger partial charge is 0.491 e. The van der Waals surface area contributed by atoms with Gasteiger partial charge in [-0.05, 0) is 59.1 Å². The molecular formula is C30H34N3O9S+. The Balaban J connectivity index is 1.72. The first-order valence-corrected chi connectivity index (χ1v) is 15.5. The molecule has 1 unspecified atom stereocenters. The van der Waals surface area contributed by atoms with Gasteiger partial charge in [0.25, 0.3) is 27.6 Å². The summed E-state index contributed by atoms with van der Waals surface area (Å²) in [5, 5.41) is 0.830. The summed E-state index contributed by atoms with van der Waals surface area (Å²) in [6.07, 6.45) is 6.62. The Morgan fingerprint density at radius 1 is 1.07 bits per heavy atom. The molecule has 228 valence electrons. The number of rotatable bonds is 8. The number of allylic oxidation sites excluding steroid dienone is 2. The van der Waals surface area contributed by atoms with E-state index in [4.69, 9.17) is 18.4 Å². The van der Waals surface area contributed by atoms with Crippen molar-refractivity contribution in [2.75, 3.05) is 46.7 Å². The van der Waals surface area contributed by atoms with Crippen LogP contribution in [-0.2, 0) is 19.0 Å². The molecule has 0 spiro atoms. The lowest BCUT2D eigenvalue weighted by molar-refractivity contribution is -0.369. The lowest BCUT2D eigenvalue weighted by atomic mass is 9.94. The van der Waals surface area contributed by atoms with Crippen molar-refractivity contribution in [3.63, 3.8) is 0 Å². The van der Waals surface area contributed by atoms with E-state index in [0.29, 0.717) is 28.8 Å². The van der Waals surface area contributed by atoms with E-state index >= 15 is 0 Å². The van der Waals surface area contributed by atoms with Gasteiger partial charge in [-0.2, -0.15) is 13.2 Å². The fourth-order valence-electron chi connectivity index (χ4n) is 5.06. The van der Waals surface area contributed by atoms with Gasteiger partial charge in [-0.15, -0.1) is 0 Å². The number of nitrogens with zero attached hydrogens (tertiary/aromatic N) is 3. The Labute approximate surface area is 249 Å². The number of hydrogen-bond acceptors (Lipinski definition) is 10. The number of imide groups is 1. The zero-order valence-electron chi connectivity index (χ0n) is 24.9. The molecule has 0 aromatic heterocycles. The van der Waals surface area contributed by atoms with E-state index in [9.17, 15) is 22.8 Å². The van der Waals surface area contributed by atoms with Gasteiger partial charge in [-0.3, -0.25) is 18.7 Å². The minimum atomic E-state index is -3.65. The summed E-state index contributed by atoms with van der Waals surface area (Å²) in [5.74, 6) is -0.599. The van der Waals surface area contributed by atoms with E-state index in [2.05, 4.69) is 0 Å². The van der Waals surface area contributed by atoms with Gasteiger partial charge in [0.2, 0.25) is 17.6 Å². The van der Waals surface area contributed by atoms with Gasteiger partial charge in [0.05, 0.1) is 17.2 Å².